The summed E-state index contributed by atoms with van der Waals surface area (Å²) in [6.07, 6.45) is 2.99. The Morgan fingerprint density at radius 1 is 1.07 bits per heavy atom. The number of hydrogen-bond acceptors (Lipinski definition) is 5. The van der Waals surface area contributed by atoms with Crippen molar-refractivity contribution < 1.29 is 18.5 Å². The standard InChI is InChI=1S/C20H19F2N3O3/c21-17-6-5-15(13-18(17)22)14-24-11-9-23(10-12-24)8-7-20(26)16-3-1-2-4-19(16)25(27)28/h1-8,13H,9-12,14H2/b8-7+. The number of ketones is 1. The highest BCUT2D eigenvalue weighted by atomic mass is 19.2. The molecule has 28 heavy (non-hydrogen) atoms. The molecule has 0 bridgehead atoms. The number of piperazine rings is 1. The second-order valence-corrected chi connectivity index (χ2v) is 6.51. The van der Waals surface area contributed by atoms with E-state index in [4.69, 9.17) is 0 Å². The van der Waals surface area contributed by atoms with Crippen molar-refractivity contribution in [2.45, 2.75) is 6.54 Å². The number of allylic oxidation sites excluding steroid dienone is 1. The van der Waals surface area contributed by atoms with E-state index in [2.05, 4.69) is 4.90 Å². The molecular weight excluding hydrogens is 368 g/mol. The minimum Gasteiger partial charge on any atom is -0.375 e. The van der Waals surface area contributed by atoms with Crippen molar-refractivity contribution in [1.82, 2.24) is 9.80 Å². The number of para-hydroxylation sites is 1. The molecule has 3 rings (SSSR count). The van der Waals surface area contributed by atoms with E-state index in [9.17, 15) is 23.7 Å². The number of rotatable bonds is 6. The molecule has 0 saturated carbocycles. The number of carbonyl (C=O) groups is 1. The van der Waals surface area contributed by atoms with Gasteiger partial charge in [-0.15, -0.1) is 0 Å². The monoisotopic (exact) mass is 387 g/mol. The Kier molecular flexibility index (Phi) is 6.10. The maximum Gasteiger partial charge on any atom is 0.280 e. The fourth-order valence-corrected chi connectivity index (χ4v) is 3.07. The zero-order chi connectivity index (χ0) is 20.1. The molecular formula is C20H19F2N3O3. The van der Waals surface area contributed by atoms with Crippen LogP contribution in [0.4, 0.5) is 14.5 Å². The van der Waals surface area contributed by atoms with Crippen molar-refractivity contribution in [1.29, 1.82) is 0 Å². The van der Waals surface area contributed by atoms with Crippen molar-refractivity contribution in [3.63, 3.8) is 0 Å². The highest BCUT2D eigenvalue weighted by Gasteiger charge is 2.19. The second kappa shape index (κ2) is 8.71. The molecule has 146 valence electrons. The van der Waals surface area contributed by atoms with Gasteiger partial charge < -0.3 is 4.90 Å². The summed E-state index contributed by atoms with van der Waals surface area (Å²) in [6, 6.07) is 9.74. The van der Waals surface area contributed by atoms with Gasteiger partial charge in [0.1, 0.15) is 0 Å². The zero-order valence-electron chi connectivity index (χ0n) is 15.1. The summed E-state index contributed by atoms with van der Waals surface area (Å²) in [4.78, 5) is 26.8. The molecule has 0 unspecified atom stereocenters. The lowest BCUT2D eigenvalue weighted by atomic mass is 10.1. The van der Waals surface area contributed by atoms with Crippen LogP contribution in [0.5, 0.6) is 0 Å². The molecule has 1 aliphatic rings. The second-order valence-electron chi connectivity index (χ2n) is 6.51. The minimum atomic E-state index is -0.859. The van der Waals surface area contributed by atoms with Gasteiger partial charge in [0.25, 0.3) is 5.69 Å². The lowest BCUT2D eigenvalue weighted by Crippen LogP contribution is -2.43. The highest BCUT2D eigenvalue weighted by molar-refractivity contribution is 6.07. The van der Waals surface area contributed by atoms with Crippen molar-refractivity contribution in [3.05, 3.63) is 87.6 Å². The zero-order valence-corrected chi connectivity index (χ0v) is 15.1. The molecule has 2 aromatic carbocycles. The van der Waals surface area contributed by atoms with E-state index in [1.165, 1.54) is 30.3 Å². The predicted molar refractivity (Wildman–Crippen MR) is 99.8 cm³/mol. The summed E-state index contributed by atoms with van der Waals surface area (Å²) in [6.45, 7) is 3.23. The van der Waals surface area contributed by atoms with E-state index in [0.717, 1.165) is 6.07 Å². The van der Waals surface area contributed by atoms with Crippen LogP contribution >= 0.6 is 0 Å². The molecule has 0 aliphatic carbocycles. The fourth-order valence-electron chi connectivity index (χ4n) is 3.07. The van der Waals surface area contributed by atoms with E-state index in [0.29, 0.717) is 38.3 Å². The topological polar surface area (TPSA) is 66.7 Å². The van der Waals surface area contributed by atoms with Crippen LogP contribution in [0, 0.1) is 21.7 Å². The van der Waals surface area contributed by atoms with Gasteiger partial charge in [-0.3, -0.25) is 19.8 Å². The van der Waals surface area contributed by atoms with Crippen molar-refractivity contribution in [2.24, 2.45) is 0 Å². The van der Waals surface area contributed by atoms with Crippen LogP contribution in [-0.2, 0) is 6.54 Å². The SMILES string of the molecule is O=C(/C=C/N1CCN(Cc2ccc(F)c(F)c2)CC1)c1ccccc1[N+](=O)[O-]. The molecule has 8 heteroatoms. The fraction of sp³-hybridized carbons (Fsp3) is 0.250. The first-order valence-corrected chi connectivity index (χ1v) is 8.80. The number of nitrogens with zero attached hydrogens (tertiary/aromatic N) is 3. The molecule has 0 spiro atoms. The van der Waals surface area contributed by atoms with Crippen LogP contribution in [0.1, 0.15) is 15.9 Å². The third-order valence-electron chi connectivity index (χ3n) is 4.60. The van der Waals surface area contributed by atoms with Gasteiger partial charge in [-0.1, -0.05) is 18.2 Å². The Morgan fingerprint density at radius 3 is 2.46 bits per heavy atom. The Morgan fingerprint density at radius 2 is 1.79 bits per heavy atom. The quantitative estimate of drug-likeness (QED) is 0.329. The molecule has 0 radical (unpaired) electrons. The molecule has 1 saturated heterocycles. The number of hydrogen-bond donors (Lipinski definition) is 0. The van der Waals surface area contributed by atoms with Crippen LogP contribution in [0.25, 0.3) is 0 Å². The largest absolute Gasteiger partial charge is 0.375 e. The molecule has 1 aliphatic heterocycles. The molecule has 6 nitrogen and oxygen atoms in total. The van der Waals surface area contributed by atoms with Crippen LogP contribution in [0.15, 0.2) is 54.7 Å². The van der Waals surface area contributed by atoms with Gasteiger partial charge in [0.2, 0.25) is 0 Å². The molecule has 0 aromatic heterocycles. The number of carbonyl (C=O) groups excluding carboxylic acids is 1. The van der Waals surface area contributed by atoms with E-state index in [-0.39, 0.29) is 11.3 Å². The van der Waals surface area contributed by atoms with Gasteiger partial charge in [-0.25, -0.2) is 8.78 Å². The highest BCUT2D eigenvalue weighted by Crippen LogP contribution is 2.19. The van der Waals surface area contributed by atoms with E-state index in [1.807, 2.05) is 4.90 Å². The van der Waals surface area contributed by atoms with E-state index >= 15 is 0 Å². The summed E-state index contributed by atoms with van der Waals surface area (Å²) in [5.41, 5.74) is 0.545. The van der Waals surface area contributed by atoms with Crippen molar-refractivity contribution in [2.75, 3.05) is 26.2 Å². The van der Waals surface area contributed by atoms with Gasteiger partial charge in [0, 0.05) is 51.1 Å². The Bertz CT molecular complexity index is 909. The Labute approximate surface area is 160 Å². The number of halogens is 2. The molecule has 1 fully saturated rings. The van der Waals surface area contributed by atoms with Crippen LogP contribution in [-0.4, -0.2) is 46.7 Å². The first kappa shape index (κ1) is 19.6. The van der Waals surface area contributed by atoms with Crippen LogP contribution in [0.3, 0.4) is 0 Å². The summed E-state index contributed by atoms with van der Waals surface area (Å²) < 4.78 is 26.3. The molecule has 2 aromatic rings. The van der Waals surface area contributed by atoms with Crippen molar-refractivity contribution in [3.8, 4) is 0 Å². The maximum absolute atomic E-state index is 13.3. The van der Waals surface area contributed by atoms with Gasteiger partial charge in [0.05, 0.1) is 10.5 Å². The third-order valence-corrected chi connectivity index (χ3v) is 4.60. The van der Waals surface area contributed by atoms with Crippen LogP contribution < -0.4 is 0 Å². The smallest absolute Gasteiger partial charge is 0.280 e. The summed E-state index contributed by atoms with van der Waals surface area (Å²) in [7, 11) is 0. The summed E-state index contributed by atoms with van der Waals surface area (Å²) in [5.74, 6) is -2.13. The number of nitro groups is 1. The predicted octanol–water partition coefficient (Wildman–Crippen LogP) is 3.39. The van der Waals surface area contributed by atoms with Crippen LogP contribution in [0.2, 0.25) is 0 Å². The van der Waals surface area contributed by atoms with E-state index in [1.54, 1.807) is 18.3 Å². The van der Waals surface area contributed by atoms with Gasteiger partial charge in [-0.2, -0.15) is 0 Å². The average Bonchev–Trinajstić information content (AvgIpc) is 2.70. The third kappa shape index (κ3) is 4.77. The molecule has 0 amide bonds. The first-order chi connectivity index (χ1) is 13.4. The van der Waals surface area contributed by atoms with Gasteiger partial charge in [-0.05, 0) is 23.8 Å². The molecule has 1 heterocycles. The number of nitro benzene ring substituents is 1. The average molecular weight is 387 g/mol. The van der Waals surface area contributed by atoms with E-state index < -0.39 is 22.3 Å². The first-order valence-electron chi connectivity index (χ1n) is 8.80. The summed E-state index contributed by atoms with van der Waals surface area (Å²) >= 11 is 0. The molecule has 0 atom stereocenters. The Balaban J connectivity index is 1.54. The lowest BCUT2D eigenvalue weighted by molar-refractivity contribution is -0.385. The number of benzene rings is 2. The van der Waals surface area contributed by atoms with Gasteiger partial charge in [0.15, 0.2) is 17.4 Å². The lowest BCUT2D eigenvalue weighted by Gasteiger charge is -2.34. The molecule has 0 N–H and O–H groups in total. The van der Waals surface area contributed by atoms with Crippen molar-refractivity contribution >= 4 is 11.5 Å². The minimum absolute atomic E-state index is 0.0562. The summed E-state index contributed by atoms with van der Waals surface area (Å²) in [5, 5.41) is 11.0. The maximum atomic E-state index is 13.3. The Hall–Kier alpha value is -3.13. The normalized spacial score (nSPS) is 15.1. The van der Waals surface area contributed by atoms with Gasteiger partial charge >= 0.3 is 0 Å².